The van der Waals surface area contributed by atoms with Crippen LogP contribution in [-0.4, -0.2) is 5.97 Å². The van der Waals surface area contributed by atoms with E-state index in [0.717, 1.165) is 0 Å². The predicted octanol–water partition coefficient (Wildman–Crippen LogP) is 4.18. The molecule has 0 unspecified atom stereocenters. The average molecular weight is 359 g/mol. The zero-order valence-electron chi connectivity index (χ0n) is 10.2. The smallest absolute Gasteiger partial charge is 0.339 e. The maximum absolute atomic E-state index is 13.3. The average Bonchev–Trinajstić information content (AvgIpc) is 2.40. The van der Waals surface area contributed by atoms with E-state index < -0.39 is 11.8 Å². The van der Waals surface area contributed by atoms with Crippen molar-refractivity contribution in [1.82, 2.24) is 0 Å². The minimum absolute atomic E-state index is 0.0577. The molecule has 20 heavy (non-hydrogen) atoms. The second-order valence-electron chi connectivity index (χ2n) is 4.03. The molecule has 2 aromatic rings. The van der Waals surface area contributed by atoms with E-state index in [-0.39, 0.29) is 21.7 Å². The van der Waals surface area contributed by atoms with Gasteiger partial charge >= 0.3 is 5.97 Å². The zero-order valence-corrected chi connectivity index (χ0v) is 12.5. The molecule has 2 rings (SSSR count). The number of nitrogen functional groups attached to an aromatic ring is 1. The summed E-state index contributed by atoms with van der Waals surface area (Å²) in [7, 11) is 0. The van der Waals surface area contributed by atoms with Crippen LogP contribution in [0, 0.1) is 5.82 Å². The molecule has 0 spiro atoms. The van der Waals surface area contributed by atoms with Crippen molar-refractivity contribution < 1.29 is 13.9 Å². The van der Waals surface area contributed by atoms with Crippen LogP contribution in [0.3, 0.4) is 0 Å². The molecule has 0 aliphatic heterocycles. The number of nitrogens with two attached hydrogens (primary N) is 1. The largest absolute Gasteiger partial charge is 0.457 e. The predicted molar refractivity (Wildman–Crippen MR) is 79.1 cm³/mol. The van der Waals surface area contributed by atoms with E-state index in [1.807, 2.05) is 0 Å². The molecule has 0 radical (unpaired) electrons. The monoisotopic (exact) mass is 357 g/mol. The zero-order chi connectivity index (χ0) is 14.7. The van der Waals surface area contributed by atoms with E-state index in [2.05, 4.69) is 15.9 Å². The first-order valence-corrected chi connectivity index (χ1v) is 6.81. The van der Waals surface area contributed by atoms with Crippen LogP contribution in [0.5, 0.6) is 0 Å². The van der Waals surface area contributed by atoms with Crippen LogP contribution in [0.15, 0.2) is 40.9 Å². The van der Waals surface area contributed by atoms with E-state index in [9.17, 15) is 9.18 Å². The molecule has 2 aromatic carbocycles. The van der Waals surface area contributed by atoms with Crippen molar-refractivity contribution in [3.05, 3.63) is 62.8 Å². The van der Waals surface area contributed by atoms with E-state index >= 15 is 0 Å². The van der Waals surface area contributed by atoms with Crippen LogP contribution in [0.1, 0.15) is 15.9 Å². The first-order chi connectivity index (χ1) is 9.49. The summed E-state index contributed by atoms with van der Waals surface area (Å²) in [6, 6.07) is 9.02. The molecule has 0 atom stereocenters. The van der Waals surface area contributed by atoms with Gasteiger partial charge in [0, 0.05) is 11.3 Å². The number of carbonyl (C=O) groups is 1. The Balaban J connectivity index is 2.11. The number of hydrogen-bond donors (Lipinski definition) is 1. The summed E-state index contributed by atoms with van der Waals surface area (Å²) < 4.78 is 18.7. The molecule has 0 heterocycles. The van der Waals surface area contributed by atoms with Gasteiger partial charge in [-0.2, -0.15) is 0 Å². The van der Waals surface area contributed by atoms with E-state index in [4.69, 9.17) is 22.1 Å². The number of hydrogen-bond acceptors (Lipinski definition) is 3. The van der Waals surface area contributed by atoms with Crippen LogP contribution in [-0.2, 0) is 11.3 Å². The maximum Gasteiger partial charge on any atom is 0.339 e. The second-order valence-corrected chi connectivity index (χ2v) is 5.23. The molecule has 2 N–H and O–H groups in total. The fourth-order valence-corrected chi connectivity index (χ4v) is 2.22. The van der Waals surface area contributed by atoms with Gasteiger partial charge in [0.2, 0.25) is 0 Å². The van der Waals surface area contributed by atoms with Gasteiger partial charge in [-0.3, -0.25) is 0 Å². The number of benzene rings is 2. The van der Waals surface area contributed by atoms with E-state index in [1.165, 1.54) is 18.2 Å². The summed E-state index contributed by atoms with van der Waals surface area (Å²) >= 11 is 9.01. The van der Waals surface area contributed by atoms with Gasteiger partial charge in [0.15, 0.2) is 0 Å². The highest BCUT2D eigenvalue weighted by molar-refractivity contribution is 9.10. The van der Waals surface area contributed by atoms with Crippen molar-refractivity contribution in [2.24, 2.45) is 0 Å². The van der Waals surface area contributed by atoms with Gasteiger partial charge < -0.3 is 10.5 Å². The third kappa shape index (κ3) is 3.29. The quantitative estimate of drug-likeness (QED) is 0.661. The molecule has 0 aliphatic carbocycles. The van der Waals surface area contributed by atoms with Crippen molar-refractivity contribution in [3.8, 4) is 0 Å². The third-order valence-corrected chi connectivity index (χ3v) is 3.80. The van der Waals surface area contributed by atoms with Gasteiger partial charge in [0.25, 0.3) is 0 Å². The van der Waals surface area contributed by atoms with Crippen LogP contribution in [0.2, 0.25) is 5.02 Å². The Hall–Kier alpha value is -1.59. The molecule has 0 amide bonds. The molecule has 0 aromatic heterocycles. The van der Waals surface area contributed by atoms with Crippen LogP contribution >= 0.6 is 27.5 Å². The Kier molecular flexibility index (Phi) is 4.62. The minimum Gasteiger partial charge on any atom is -0.457 e. The molecule has 6 heteroatoms. The molecule has 0 bridgehead atoms. The van der Waals surface area contributed by atoms with Crippen molar-refractivity contribution >= 4 is 39.2 Å². The Morgan fingerprint density at radius 2 is 2.10 bits per heavy atom. The minimum atomic E-state index is -0.592. The molecule has 0 saturated carbocycles. The molecular formula is C14H10BrClFNO2. The van der Waals surface area contributed by atoms with Crippen LogP contribution < -0.4 is 5.73 Å². The Bertz CT molecular complexity index is 664. The van der Waals surface area contributed by atoms with Crippen LogP contribution in [0.25, 0.3) is 0 Å². The first kappa shape index (κ1) is 14.8. The van der Waals surface area contributed by atoms with E-state index in [0.29, 0.717) is 11.3 Å². The van der Waals surface area contributed by atoms with Crippen LogP contribution in [0.4, 0.5) is 10.1 Å². The topological polar surface area (TPSA) is 52.3 Å². The van der Waals surface area contributed by atoms with Gasteiger partial charge in [-0.15, -0.1) is 0 Å². The summed E-state index contributed by atoms with van der Waals surface area (Å²) in [6.45, 7) is -0.0577. The lowest BCUT2D eigenvalue weighted by molar-refractivity contribution is 0.0471. The van der Waals surface area contributed by atoms with Crippen molar-refractivity contribution in [3.63, 3.8) is 0 Å². The highest BCUT2D eigenvalue weighted by Crippen LogP contribution is 2.23. The van der Waals surface area contributed by atoms with Gasteiger partial charge in [0.05, 0.1) is 15.1 Å². The molecule has 0 saturated heterocycles. The standard InChI is InChI=1S/C14H10BrClFNO2/c15-13-8(2-1-3-12(13)17)7-20-14(19)10-5-4-9(18)6-11(10)16/h1-6H,7,18H2. The van der Waals surface area contributed by atoms with Gasteiger partial charge in [0.1, 0.15) is 12.4 Å². The highest BCUT2D eigenvalue weighted by Gasteiger charge is 2.13. The lowest BCUT2D eigenvalue weighted by Gasteiger charge is -2.08. The lowest BCUT2D eigenvalue weighted by Crippen LogP contribution is -2.07. The van der Waals surface area contributed by atoms with Gasteiger partial charge in [-0.05, 0) is 40.2 Å². The SMILES string of the molecule is Nc1ccc(C(=O)OCc2cccc(F)c2Br)c(Cl)c1. The third-order valence-electron chi connectivity index (χ3n) is 2.60. The number of anilines is 1. The first-order valence-electron chi connectivity index (χ1n) is 5.64. The number of carbonyl (C=O) groups excluding carboxylic acids is 1. The molecule has 0 fully saturated rings. The summed E-state index contributed by atoms with van der Waals surface area (Å²) in [5.74, 6) is -1.00. The summed E-state index contributed by atoms with van der Waals surface area (Å²) in [5.41, 5.74) is 6.75. The fraction of sp³-hybridized carbons (Fsp3) is 0.0714. The lowest BCUT2D eigenvalue weighted by atomic mass is 10.2. The Labute approximate surface area is 128 Å². The highest BCUT2D eigenvalue weighted by atomic mass is 79.9. The summed E-state index contributed by atoms with van der Waals surface area (Å²) in [5, 5.41) is 0.216. The summed E-state index contributed by atoms with van der Waals surface area (Å²) in [4.78, 5) is 11.9. The Morgan fingerprint density at radius 3 is 2.80 bits per heavy atom. The number of halogens is 3. The maximum atomic E-state index is 13.3. The van der Waals surface area contributed by atoms with Gasteiger partial charge in [-0.1, -0.05) is 23.7 Å². The second kappa shape index (κ2) is 6.24. The molecule has 104 valence electrons. The Morgan fingerprint density at radius 1 is 1.35 bits per heavy atom. The number of rotatable bonds is 3. The summed E-state index contributed by atoms with van der Waals surface area (Å²) in [6.07, 6.45) is 0. The number of esters is 1. The molecule has 0 aliphatic rings. The number of ether oxygens (including phenoxy) is 1. The fourth-order valence-electron chi connectivity index (χ4n) is 1.58. The van der Waals surface area contributed by atoms with E-state index in [1.54, 1.807) is 18.2 Å². The van der Waals surface area contributed by atoms with Gasteiger partial charge in [-0.25, -0.2) is 9.18 Å². The normalized spacial score (nSPS) is 10.3. The van der Waals surface area contributed by atoms with Crippen molar-refractivity contribution in [2.45, 2.75) is 6.61 Å². The van der Waals surface area contributed by atoms with Crippen molar-refractivity contribution in [2.75, 3.05) is 5.73 Å². The van der Waals surface area contributed by atoms with Crippen molar-refractivity contribution in [1.29, 1.82) is 0 Å². The molecule has 3 nitrogen and oxygen atoms in total. The molecular weight excluding hydrogens is 349 g/mol.